The van der Waals surface area contributed by atoms with E-state index in [9.17, 15) is 13.2 Å². The molecule has 0 saturated carbocycles. The summed E-state index contributed by atoms with van der Waals surface area (Å²) in [5.41, 5.74) is 1.79. The molecular weight excluding hydrogens is 424 g/mol. The minimum atomic E-state index is -3.32. The van der Waals surface area contributed by atoms with Crippen LogP contribution in [0.4, 0.5) is 5.69 Å². The predicted octanol–water partition coefficient (Wildman–Crippen LogP) is 5.05. The van der Waals surface area contributed by atoms with Crippen molar-refractivity contribution >= 4 is 21.6 Å². The third-order valence-corrected chi connectivity index (χ3v) is 7.21. The van der Waals surface area contributed by atoms with E-state index in [0.717, 1.165) is 25.0 Å². The van der Waals surface area contributed by atoms with E-state index in [2.05, 4.69) is 5.32 Å². The van der Waals surface area contributed by atoms with Crippen molar-refractivity contribution in [3.8, 4) is 11.5 Å². The fourth-order valence-electron chi connectivity index (χ4n) is 3.63. The highest BCUT2D eigenvalue weighted by Gasteiger charge is 2.24. The van der Waals surface area contributed by atoms with Crippen molar-refractivity contribution < 1.29 is 17.9 Å². The second-order valence-corrected chi connectivity index (χ2v) is 9.78. The van der Waals surface area contributed by atoms with Gasteiger partial charge in [0, 0.05) is 24.3 Å². The maximum Gasteiger partial charge on any atom is 0.255 e. The second-order valence-electron chi connectivity index (χ2n) is 7.81. The number of sulfonamides is 1. The molecule has 1 aliphatic rings. The van der Waals surface area contributed by atoms with E-state index in [1.807, 2.05) is 30.3 Å². The van der Waals surface area contributed by atoms with Crippen molar-refractivity contribution in [2.24, 2.45) is 0 Å². The van der Waals surface area contributed by atoms with Gasteiger partial charge in [0.2, 0.25) is 10.0 Å². The molecule has 1 fully saturated rings. The highest BCUT2D eigenvalue weighted by atomic mass is 32.2. The molecule has 0 spiro atoms. The fourth-order valence-corrected chi connectivity index (χ4v) is 5.24. The third-order valence-electron chi connectivity index (χ3n) is 5.36. The molecule has 0 aromatic heterocycles. The molecule has 0 radical (unpaired) electrons. The van der Waals surface area contributed by atoms with Gasteiger partial charge in [-0.2, -0.15) is 0 Å². The van der Waals surface area contributed by atoms with Crippen LogP contribution in [0, 0.1) is 0 Å². The number of amides is 1. The Bertz CT molecular complexity index is 1140. The van der Waals surface area contributed by atoms with Crippen molar-refractivity contribution in [3.63, 3.8) is 0 Å². The monoisotopic (exact) mass is 450 g/mol. The lowest BCUT2D eigenvalue weighted by Gasteiger charge is -2.25. The van der Waals surface area contributed by atoms with Crippen LogP contribution in [0.3, 0.4) is 0 Å². The Hall–Kier alpha value is -3.16. The number of ether oxygens (including phenoxy) is 1. The van der Waals surface area contributed by atoms with Gasteiger partial charge in [-0.05, 0) is 66.9 Å². The minimum Gasteiger partial charge on any atom is -0.457 e. The van der Waals surface area contributed by atoms with Gasteiger partial charge in [0.1, 0.15) is 11.5 Å². The number of piperidine rings is 1. The SMILES string of the molecule is O=C(Nc1ccc(Oc2ccccc2)cc1)c1ccc(CS(=O)(=O)N2CCCCC2)cc1. The standard InChI is InChI=1S/C25H26N2O4S/c28-25(26-22-13-15-24(16-14-22)31-23-7-3-1-4-8-23)21-11-9-20(10-12-21)19-32(29,30)27-17-5-2-6-18-27/h1,3-4,7-16H,2,5-6,17-19H2,(H,26,28). The molecule has 0 atom stereocenters. The second kappa shape index (κ2) is 9.97. The van der Waals surface area contributed by atoms with Crippen molar-refractivity contribution in [1.82, 2.24) is 4.31 Å². The summed E-state index contributed by atoms with van der Waals surface area (Å²) in [6, 6.07) is 23.3. The molecular formula is C25H26N2O4S. The summed E-state index contributed by atoms with van der Waals surface area (Å²) in [5, 5.41) is 2.85. The zero-order valence-electron chi connectivity index (χ0n) is 17.7. The van der Waals surface area contributed by atoms with Crippen LogP contribution in [0.25, 0.3) is 0 Å². The van der Waals surface area contributed by atoms with E-state index >= 15 is 0 Å². The van der Waals surface area contributed by atoms with Gasteiger partial charge < -0.3 is 10.1 Å². The number of benzene rings is 3. The predicted molar refractivity (Wildman–Crippen MR) is 125 cm³/mol. The summed E-state index contributed by atoms with van der Waals surface area (Å²) in [5.74, 6) is 1.12. The Morgan fingerprint density at radius 1 is 0.812 bits per heavy atom. The Balaban J connectivity index is 1.34. The van der Waals surface area contributed by atoms with Gasteiger partial charge in [0.25, 0.3) is 5.91 Å². The van der Waals surface area contributed by atoms with Gasteiger partial charge in [-0.15, -0.1) is 0 Å². The number of carbonyl (C=O) groups is 1. The minimum absolute atomic E-state index is 0.0439. The van der Waals surface area contributed by atoms with E-state index in [1.54, 1.807) is 52.8 Å². The van der Waals surface area contributed by atoms with Crippen LogP contribution in [0.5, 0.6) is 11.5 Å². The van der Waals surface area contributed by atoms with E-state index in [-0.39, 0.29) is 11.7 Å². The first kappa shape index (κ1) is 22.0. The van der Waals surface area contributed by atoms with Gasteiger partial charge in [0.05, 0.1) is 5.75 Å². The Morgan fingerprint density at radius 2 is 1.44 bits per heavy atom. The van der Waals surface area contributed by atoms with Crippen LogP contribution in [-0.4, -0.2) is 31.7 Å². The number of nitrogens with zero attached hydrogens (tertiary/aromatic N) is 1. The molecule has 32 heavy (non-hydrogen) atoms. The molecule has 4 rings (SSSR count). The van der Waals surface area contributed by atoms with Crippen LogP contribution in [0.2, 0.25) is 0 Å². The van der Waals surface area contributed by atoms with Crippen LogP contribution in [-0.2, 0) is 15.8 Å². The molecule has 1 heterocycles. The largest absolute Gasteiger partial charge is 0.457 e. The molecule has 0 aliphatic carbocycles. The number of nitrogens with one attached hydrogen (secondary N) is 1. The molecule has 166 valence electrons. The van der Waals surface area contributed by atoms with Gasteiger partial charge in [-0.3, -0.25) is 4.79 Å². The normalized spacial score (nSPS) is 14.6. The lowest BCUT2D eigenvalue weighted by atomic mass is 10.1. The van der Waals surface area contributed by atoms with Gasteiger partial charge in [-0.25, -0.2) is 12.7 Å². The topological polar surface area (TPSA) is 75.7 Å². The molecule has 6 nitrogen and oxygen atoms in total. The molecule has 0 unspecified atom stereocenters. The smallest absolute Gasteiger partial charge is 0.255 e. The lowest BCUT2D eigenvalue weighted by Crippen LogP contribution is -2.36. The Labute approximate surface area is 188 Å². The van der Waals surface area contributed by atoms with Crippen molar-refractivity contribution in [2.45, 2.75) is 25.0 Å². The number of rotatable bonds is 7. The van der Waals surface area contributed by atoms with E-state index in [0.29, 0.717) is 35.7 Å². The lowest BCUT2D eigenvalue weighted by molar-refractivity contribution is 0.102. The average molecular weight is 451 g/mol. The number of hydrogen-bond acceptors (Lipinski definition) is 4. The van der Waals surface area contributed by atoms with Crippen molar-refractivity contribution in [1.29, 1.82) is 0 Å². The first-order valence-corrected chi connectivity index (χ1v) is 12.3. The molecule has 1 saturated heterocycles. The number of carbonyl (C=O) groups excluding carboxylic acids is 1. The van der Waals surface area contributed by atoms with E-state index < -0.39 is 10.0 Å². The molecule has 1 amide bonds. The summed E-state index contributed by atoms with van der Waals surface area (Å²) < 4.78 is 32.5. The van der Waals surface area contributed by atoms with Crippen LogP contribution >= 0.6 is 0 Å². The molecule has 7 heteroatoms. The molecule has 1 aliphatic heterocycles. The Morgan fingerprint density at radius 3 is 2.09 bits per heavy atom. The number of para-hydroxylation sites is 1. The average Bonchev–Trinajstić information content (AvgIpc) is 2.82. The van der Waals surface area contributed by atoms with E-state index in [4.69, 9.17) is 4.74 Å². The van der Waals surface area contributed by atoms with Gasteiger partial charge >= 0.3 is 0 Å². The van der Waals surface area contributed by atoms with E-state index in [1.165, 1.54) is 0 Å². The van der Waals surface area contributed by atoms with Crippen LogP contribution < -0.4 is 10.1 Å². The summed E-state index contributed by atoms with van der Waals surface area (Å²) >= 11 is 0. The van der Waals surface area contributed by atoms with Crippen molar-refractivity contribution in [2.75, 3.05) is 18.4 Å². The summed E-state index contributed by atoms with van der Waals surface area (Å²) in [4.78, 5) is 12.6. The summed E-state index contributed by atoms with van der Waals surface area (Å²) in [6.45, 7) is 1.19. The first-order valence-electron chi connectivity index (χ1n) is 10.7. The zero-order valence-corrected chi connectivity index (χ0v) is 18.6. The molecule has 3 aromatic carbocycles. The maximum absolute atomic E-state index is 12.6. The zero-order chi connectivity index (χ0) is 22.4. The van der Waals surface area contributed by atoms with Gasteiger partial charge in [0.15, 0.2) is 0 Å². The van der Waals surface area contributed by atoms with Crippen molar-refractivity contribution in [3.05, 3.63) is 90.0 Å². The molecule has 3 aromatic rings. The molecule has 1 N–H and O–H groups in total. The summed E-state index contributed by atoms with van der Waals surface area (Å²) in [6.07, 6.45) is 2.91. The first-order chi connectivity index (χ1) is 15.5. The molecule has 0 bridgehead atoms. The quantitative estimate of drug-likeness (QED) is 0.547. The fraction of sp³-hybridized carbons (Fsp3) is 0.240. The number of anilines is 1. The third kappa shape index (κ3) is 5.75. The summed E-state index contributed by atoms with van der Waals surface area (Å²) in [7, 11) is -3.32. The van der Waals surface area contributed by atoms with Crippen LogP contribution in [0.1, 0.15) is 35.2 Å². The van der Waals surface area contributed by atoms with Crippen LogP contribution in [0.15, 0.2) is 78.9 Å². The highest BCUT2D eigenvalue weighted by Crippen LogP contribution is 2.23. The van der Waals surface area contributed by atoms with Gasteiger partial charge in [-0.1, -0.05) is 36.8 Å². The maximum atomic E-state index is 12.6. The highest BCUT2D eigenvalue weighted by molar-refractivity contribution is 7.88. The Kier molecular flexibility index (Phi) is 6.87. The number of hydrogen-bond donors (Lipinski definition) is 1.